The van der Waals surface area contributed by atoms with Crippen LogP contribution >= 0.6 is 0 Å². The summed E-state index contributed by atoms with van der Waals surface area (Å²) in [5, 5.41) is 0. The van der Waals surface area contributed by atoms with Gasteiger partial charge in [0.1, 0.15) is 5.82 Å². The highest BCUT2D eigenvalue weighted by Gasteiger charge is 2.26. The van der Waals surface area contributed by atoms with Crippen LogP contribution in [-0.2, 0) is 19.5 Å². The van der Waals surface area contributed by atoms with Crippen molar-refractivity contribution in [3.63, 3.8) is 0 Å². The zero-order chi connectivity index (χ0) is 18.8. The second-order valence-electron chi connectivity index (χ2n) is 7.45. The van der Waals surface area contributed by atoms with Gasteiger partial charge < -0.3 is 14.0 Å². The molecule has 3 heterocycles. The molecule has 144 valence electrons. The summed E-state index contributed by atoms with van der Waals surface area (Å²) >= 11 is 0. The monoisotopic (exact) mass is 369 g/mol. The van der Waals surface area contributed by atoms with Gasteiger partial charge in [0.05, 0.1) is 14.2 Å². The Balaban J connectivity index is 1.52. The summed E-state index contributed by atoms with van der Waals surface area (Å²) in [7, 11) is 3.32. The van der Waals surface area contributed by atoms with Crippen molar-refractivity contribution in [2.45, 2.75) is 44.7 Å². The number of fused-ring (bicyclic) bond motifs is 1. The maximum Gasteiger partial charge on any atom is 0.273 e. The number of rotatable bonds is 5. The molecule has 2 aliphatic heterocycles. The third kappa shape index (κ3) is 3.72. The lowest BCUT2D eigenvalue weighted by Gasteiger charge is -2.34. The van der Waals surface area contributed by atoms with E-state index in [-0.39, 0.29) is 5.56 Å². The minimum absolute atomic E-state index is 0.0878. The molecule has 0 spiro atoms. The molecule has 0 amide bonds. The van der Waals surface area contributed by atoms with Crippen molar-refractivity contribution in [1.29, 1.82) is 0 Å². The standard InChI is InChI=1S/C21H27N3O3/c1-26-18-8-7-15(11-19(18)27-2)13-23-9-3-5-16(14-23)17-12-21(25)22-20-6-4-10-24(17)20/h7-8,11-12,16H,3-6,9-10,13-14H2,1-2H3/t16-/m0/s1. The third-order valence-corrected chi connectivity index (χ3v) is 5.69. The van der Waals surface area contributed by atoms with E-state index in [9.17, 15) is 4.79 Å². The number of piperidine rings is 1. The van der Waals surface area contributed by atoms with Gasteiger partial charge in [0.15, 0.2) is 11.5 Å². The Morgan fingerprint density at radius 2 is 1.96 bits per heavy atom. The highest BCUT2D eigenvalue weighted by Crippen LogP contribution is 2.31. The first kappa shape index (κ1) is 18.0. The summed E-state index contributed by atoms with van der Waals surface area (Å²) in [5.74, 6) is 2.88. The molecule has 0 N–H and O–H groups in total. The summed E-state index contributed by atoms with van der Waals surface area (Å²) in [6.07, 6.45) is 4.28. The molecular formula is C21H27N3O3. The van der Waals surface area contributed by atoms with Crippen molar-refractivity contribution in [3.8, 4) is 11.5 Å². The van der Waals surface area contributed by atoms with Crippen molar-refractivity contribution in [2.24, 2.45) is 0 Å². The number of hydrogen-bond acceptors (Lipinski definition) is 5. The van der Waals surface area contributed by atoms with Gasteiger partial charge in [-0.3, -0.25) is 9.69 Å². The summed E-state index contributed by atoms with van der Waals surface area (Å²) in [6.45, 7) is 3.91. The average molecular weight is 369 g/mol. The molecular weight excluding hydrogens is 342 g/mol. The maximum atomic E-state index is 12.0. The van der Waals surface area contributed by atoms with Crippen LogP contribution in [0.5, 0.6) is 11.5 Å². The van der Waals surface area contributed by atoms with Gasteiger partial charge in [-0.1, -0.05) is 6.07 Å². The van der Waals surface area contributed by atoms with E-state index in [0.29, 0.717) is 5.92 Å². The van der Waals surface area contributed by atoms with Crippen LogP contribution in [-0.4, -0.2) is 41.8 Å². The van der Waals surface area contributed by atoms with Crippen LogP contribution in [0.25, 0.3) is 0 Å². The number of hydrogen-bond donors (Lipinski definition) is 0. The van der Waals surface area contributed by atoms with Crippen LogP contribution in [0.2, 0.25) is 0 Å². The van der Waals surface area contributed by atoms with E-state index in [1.807, 2.05) is 6.07 Å². The van der Waals surface area contributed by atoms with Gasteiger partial charge in [0, 0.05) is 43.7 Å². The molecule has 1 saturated heterocycles. The summed E-state index contributed by atoms with van der Waals surface area (Å²) in [6, 6.07) is 7.88. The zero-order valence-corrected chi connectivity index (χ0v) is 16.1. The average Bonchev–Trinajstić information content (AvgIpc) is 3.15. The van der Waals surface area contributed by atoms with Crippen LogP contribution in [0.15, 0.2) is 29.1 Å². The molecule has 6 nitrogen and oxygen atoms in total. The Hall–Kier alpha value is -2.34. The molecule has 1 aromatic carbocycles. The Labute approximate surface area is 159 Å². The molecule has 1 aromatic heterocycles. The molecule has 0 radical (unpaired) electrons. The van der Waals surface area contributed by atoms with E-state index in [4.69, 9.17) is 9.47 Å². The van der Waals surface area contributed by atoms with Gasteiger partial charge in [0.25, 0.3) is 5.56 Å². The van der Waals surface area contributed by atoms with Crippen LogP contribution < -0.4 is 15.0 Å². The molecule has 27 heavy (non-hydrogen) atoms. The Morgan fingerprint density at radius 3 is 2.78 bits per heavy atom. The van der Waals surface area contributed by atoms with Crippen LogP contribution in [0.4, 0.5) is 0 Å². The lowest BCUT2D eigenvalue weighted by atomic mass is 9.93. The van der Waals surface area contributed by atoms with Gasteiger partial charge in [-0.05, 0) is 43.5 Å². The quantitative estimate of drug-likeness (QED) is 0.811. The van der Waals surface area contributed by atoms with E-state index in [2.05, 4.69) is 26.6 Å². The van der Waals surface area contributed by atoms with E-state index in [0.717, 1.165) is 69.2 Å². The minimum Gasteiger partial charge on any atom is -0.493 e. The molecule has 0 bridgehead atoms. The van der Waals surface area contributed by atoms with E-state index in [1.54, 1.807) is 20.3 Å². The van der Waals surface area contributed by atoms with Crippen LogP contribution in [0.1, 0.15) is 42.3 Å². The zero-order valence-electron chi connectivity index (χ0n) is 16.1. The number of aromatic nitrogens is 2. The number of nitrogens with zero attached hydrogens (tertiary/aromatic N) is 3. The van der Waals surface area contributed by atoms with E-state index >= 15 is 0 Å². The molecule has 4 rings (SSSR count). The molecule has 0 unspecified atom stereocenters. The van der Waals surface area contributed by atoms with Gasteiger partial charge in [0.2, 0.25) is 0 Å². The smallest absolute Gasteiger partial charge is 0.273 e. The first-order valence-electron chi connectivity index (χ1n) is 9.72. The first-order valence-corrected chi connectivity index (χ1v) is 9.72. The molecule has 1 fully saturated rings. The molecule has 2 aromatic rings. The van der Waals surface area contributed by atoms with Gasteiger partial charge in [-0.2, -0.15) is 4.98 Å². The Kier molecular flexibility index (Phi) is 5.16. The lowest BCUT2D eigenvalue weighted by Crippen LogP contribution is -2.35. The summed E-state index contributed by atoms with van der Waals surface area (Å²) in [4.78, 5) is 18.7. The van der Waals surface area contributed by atoms with E-state index in [1.165, 1.54) is 11.3 Å². The van der Waals surface area contributed by atoms with Gasteiger partial charge in [-0.15, -0.1) is 0 Å². The predicted molar refractivity (Wildman–Crippen MR) is 104 cm³/mol. The van der Waals surface area contributed by atoms with Crippen molar-refractivity contribution < 1.29 is 9.47 Å². The molecule has 0 saturated carbocycles. The number of methoxy groups -OCH3 is 2. The fourth-order valence-electron chi connectivity index (χ4n) is 4.43. The number of aryl methyl sites for hydroxylation is 1. The maximum absolute atomic E-state index is 12.0. The predicted octanol–water partition coefficient (Wildman–Crippen LogP) is 2.59. The Bertz CT molecular complexity index is 877. The summed E-state index contributed by atoms with van der Waals surface area (Å²) in [5.41, 5.74) is 2.31. The van der Waals surface area contributed by atoms with Crippen molar-refractivity contribution >= 4 is 0 Å². The van der Waals surface area contributed by atoms with Crippen molar-refractivity contribution in [1.82, 2.24) is 14.5 Å². The topological polar surface area (TPSA) is 56.6 Å². The fraction of sp³-hybridized carbons (Fsp3) is 0.524. The number of likely N-dealkylation sites (tertiary alicyclic amines) is 1. The van der Waals surface area contributed by atoms with Gasteiger partial charge in [-0.25, -0.2) is 0 Å². The molecule has 2 aliphatic rings. The fourth-order valence-corrected chi connectivity index (χ4v) is 4.43. The first-order chi connectivity index (χ1) is 13.2. The lowest BCUT2D eigenvalue weighted by molar-refractivity contribution is 0.196. The van der Waals surface area contributed by atoms with Crippen molar-refractivity contribution in [2.75, 3.05) is 27.3 Å². The molecule has 6 heteroatoms. The van der Waals surface area contributed by atoms with Crippen molar-refractivity contribution in [3.05, 3.63) is 51.7 Å². The minimum atomic E-state index is -0.0878. The van der Waals surface area contributed by atoms with E-state index < -0.39 is 0 Å². The molecule has 0 aliphatic carbocycles. The number of ether oxygens (including phenoxy) is 2. The largest absolute Gasteiger partial charge is 0.493 e. The number of benzene rings is 1. The SMILES string of the molecule is COc1ccc(CN2CCC[C@H](c3cc(=O)nc4n3CCC4)C2)cc1OC. The van der Waals surface area contributed by atoms with Crippen LogP contribution in [0.3, 0.4) is 0 Å². The normalized spacial score (nSPS) is 19.7. The molecule has 1 atom stereocenters. The second-order valence-corrected chi connectivity index (χ2v) is 7.45. The van der Waals surface area contributed by atoms with Gasteiger partial charge >= 0.3 is 0 Å². The highest BCUT2D eigenvalue weighted by molar-refractivity contribution is 5.42. The second kappa shape index (κ2) is 7.72. The Morgan fingerprint density at radius 1 is 1.11 bits per heavy atom. The summed E-state index contributed by atoms with van der Waals surface area (Å²) < 4.78 is 13.0. The highest BCUT2D eigenvalue weighted by atomic mass is 16.5. The third-order valence-electron chi connectivity index (χ3n) is 5.69. The van der Waals surface area contributed by atoms with Crippen LogP contribution in [0, 0.1) is 0 Å².